The zero-order valence-corrected chi connectivity index (χ0v) is 12.5. The molecule has 1 saturated heterocycles. The van der Waals surface area contributed by atoms with Crippen molar-refractivity contribution in [2.24, 2.45) is 10.8 Å². The van der Waals surface area contributed by atoms with E-state index < -0.39 is 24.1 Å². The number of urea groups is 1. The smallest absolute Gasteiger partial charge is 0.305 e. The highest BCUT2D eigenvalue weighted by Gasteiger charge is 2.53. The van der Waals surface area contributed by atoms with E-state index in [-0.39, 0.29) is 12.5 Å². The quantitative estimate of drug-likeness (QED) is 0.311. The average molecular weight is 307 g/mol. The van der Waals surface area contributed by atoms with Crippen LogP contribution in [0.2, 0.25) is 0 Å². The highest BCUT2D eigenvalue weighted by Crippen LogP contribution is 2.35. The maximum atomic E-state index is 12.2. The molecule has 0 spiro atoms. The molecule has 3 rings (SSSR count). The molecule has 10 nitrogen and oxygen atoms in total. The number of carbonyl (C=O) groups is 3. The lowest BCUT2D eigenvalue weighted by molar-refractivity contribution is -0.126. The second-order valence-electron chi connectivity index (χ2n) is 5.39. The molecule has 22 heavy (non-hydrogen) atoms. The number of carbonyl (C=O) groups excluding carboxylic acids is 3. The third kappa shape index (κ3) is 1.77. The fourth-order valence-corrected chi connectivity index (χ4v) is 2.90. The van der Waals surface area contributed by atoms with E-state index in [4.69, 9.17) is 5.84 Å². The summed E-state index contributed by atoms with van der Waals surface area (Å²) in [6, 6.07) is -1.11. The number of amides is 4. The van der Waals surface area contributed by atoms with Gasteiger partial charge in [0.2, 0.25) is 5.96 Å². The molecule has 0 saturated carbocycles. The van der Waals surface area contributed by atoms with Gasteiger partial charge in [-0.3, -0.25) is 25.2 Å². The summed E-state index contributed by atoms with van der Waals surface area (Å²) in [4.78, 5) is 44.8. The third-order valence-corrected chi connectivity index (χ3v) is 4.23. The Hall–Kier alpha value is -2.62. The number of guanidine groups is 1. The van der Waals surface area contributed by atoms with Gasteiger partial charge in [-0.25, -0.2) is 15.6 Å². The summed E-state index contributed by atoms with van der Waals surface area (Å²) < 4.78 is 0. The Morgan fingerprint density at radius 3 is 2.68 bits per heavy atom. The van der Waals surface area contributed by atoms with Crippen molar-refractivity contribution in [3.05, 3.63) is 11.4 Å². The lowest BCUT2D eigenvalue weighted by Crippen LogP contribution is -2.63. The van der Waals surface area contributed by atoms with Crippen LogP contribution in [0.3, 0.4) is 0 Å². The van der Waals surface area contributed by atoms with Gasteiger partial charge in [0.25, 0.3) is 11.8 Å². The topological polar surface area (TPSA) is 123 Å². The third-order valence-electron chi connectivity index (χ3n) is 4.23. The van der Waals surface area contributed by atoms with Gasteiger partial charge in [0.1, 0.15) is 6.54 Å². The first kappa shape index (κ1) is 14.3. The van der Waals surface area contributed by atoms with Crippen molar-refractivity contribution < 1.29 is 14.4 Å². The lowest BCUT2D eigenvalue weighted by Gasteiger charge is -2.35. The molecule has 3 heterocycles. The molecule has 0 bridgehead atoms. The van der Waals surface area contributed by atoms with E-state index in [1.165, 1.54) is 4.90 Å². The van der Waals surface area contributed by atoms with Crippen molar-refractivity contribution in [2.75, 3.05) is 13.6 Å². The second kappa shape index (κ2) is 4.70. The average Bonchev–Trinajstić information content (AvgIpc) is 2.97. The first-order valence-corrected chi connectivity index (χ1v) is 6.76. The van der Waals surface area contributed by atoms with Crippen LogP contribution in [-0.2, 0) is 9.59 Å². The number of aliphatic imine (C=N–C) groups is 1. The highest BCUT2D eigenvalue weighted by atomic mass is 16.2. The normalized spacial score (nSPS) is 26.9. The minimum atomic E-state index is -0.626. The van der Waals surface area contributed by atoms with Gasteiger partial charge in [0, 0.05) is 18.4 Å². The fourth-order valence-electron chi connectivity index (χ4n) is 2.90. The molecule has 0 radical (unpaired) electrons. The molecule has 4 amide bonds. The predicted octanol–water partition coefficient (Wildman–Crippen LogP) is -1.91. The monoisotopic (exact) mass is 307 g/mol. The van der Waals surface area contributed by atoms with Crippen LogP contribution in [0.25, 0.3) is 0 Å². The summed E-state index contributed by atoms with van der Waals surface area (Å²) in [5.74, 6) is 4.84. The van der Waals surface area contributed by atoms with Crippen molar-refractivity contribution in [1.29, 1.82) is 0 Å². The van der Waals surface area contributed by atoms with Crippen LogP contribution in [-0.4, -0.2) is 64.3 Å². The minimum Gasteiger partial charge on any atom is -0.305 e. The molecule has 2 unspecified atom stereocenters. The number of nitrogens with one attached hydrogen (secondary N) is 2. The van der Waals surface area contributed by atoms with Gasteiger partial charge in [-0.1, -0.05) is 0 Å². The van der Waals surface area contributed by atoms with E-state index in [1.807, 2.05) is 13.8 Å². The van der Waals surface area contributed by atoms with Gasteiger partial charge in [-0.15, -0.1) is 0 Å². The fraction of sp³-hybridized carbons (Fsp3) is 0.500. The van der Waals surface area contributed by atoms with Gasteiger partial charge >= 0.3 is 6.03 Å². The highest BCUT2D eigenvalue weighted by molar-refractivity contribution is 6.05. The summed E-state index contributed by atoms with van der Waals surface area (Å²) in [7, 11) is 1.58. The Kier molecular flexibility index (Phi) is 3.06. The Bertz CT molecular complexity index is 641. The van der Waals surface area contributed by atoms with Crippen molar-refractivity contribution in [1.82, 2.24) is 25.4 Å². The molecular weight excluding hydrogens is 290 g/mol. The zero-order chi connectivity index (χ0) is 16.2. The van der Waals surface area contributed by atoms with E-state index in [9.17, 15) is 14.4 Å². The molecule has 0 aromatic rings. The van der Waals surface area contributed by atoms with Crippen molar-refractivity contribution in [3.63, 3.8) is 0 Å². The number of likely N-dealkylation sites (N-methyl/N-ethyl adjacent to an activating group) is 1. The summed E-state index contributed by atoms with van der Waals surface area (Å²) in [6.07, 6.45) is -0.609. The van der Waals surface area contributed by atoms with Crippen LogP contribution in [0.15, 0.2) is 16.4 Å². The number of hydrogen-bond acceptors (Lipinski definition) is 7. The van der Waals surface area contributed by atoms with E-state index in [0.717, 1.165) is 11.4 Å². The van der Waals surface area contributed by atoms with Crippen LogP contribution in [0.5, 0.6) is 0 Å². The molecule has 2 atom stereocenters. The first-order valence-electron chi connectivity index (χ1n) is 6.76. The predicted molar refractivity (Wildman–Crippen MR) is 75.6 cm³/mol. The van der Waals surface area contributed by atoms with Crippen LogP contribution >= 0.6 is 0 Å². The minimum absolute atomic E-state index is 0.00622. The maximum Gasteiger partial charge on any atom is 0.325 e. The SMILES string of the molecule is CC1=C(C)N2C(=NC3C2C(=O)NC(=O)N3C)N1CC(=O)NN. The number of fused-ring (bicyclic) bond motifs is 3. The maximum absolute atomic E-state index is 12.2. The van der Waals surface area contributed by atoms with Crippen LogP contribution in [0.1, 0.15) is 13.8 Å². The molecule has 4 N–H and O–H groups in total. The van der Waals surface area contributed by atoms with Crippen LogP contribution in [0, 0.1) is 0 Å². The van der Waals surface area contributed by atoms with E-state index in [2.05, 4.69) is 15.7 Å². The number of nitrogens with zero attached hydrogens (tertiary/aromatic N) is 4. The Labute approximate surface area is 126 Å². The summed E-state index contributed by atoms with van der Waals surface area (Å²) in [5, 5.41) is 2.31. The Morgan fingerprint density at radius 1 is 1.36 bits per heavy atom. The zero-order valence-electron chi connectivity index (χ0n) is 12.5. The molecule has 10 heteroatoms. The number of imide groups is 1. The van der Waals surface area contributed by atoms with Gasteiger partial charge in [0.15, 0.2) is 12.2 Å². The molecule has 0 aromatic carbocycles. The van der Waals surface area contributed by atoms with Crippen molar-refractivity contribution in [2.45, 2.75) is 26.1 Å². The molecule has 1 fully saturated rings. The molecule has 3 aliphatic rings. The van der Waals surface area contributed by atoms with E-state index in [0.29, 0.717) is 5.96 Å². The molecule has 0 aromatic heterocycles. The summed E-state index contributed by atoms with van der Waals surface area (Å²) in [6.45, 7) is 3.68. The lowest BCUT2D eigenvalue weighted by atomic mass is 10.1. The van der Waals surface area contributed by atoms with Gasteiger partial charge in [0.05, 0.1) is 0 Å². The molecule has 0 aliphatic carbocycles. The van der Waals surface area contributed by atoms with Crippen LogP contribution < -0.4 is 16.6 Å². The first-order chi connectivity index (χ1) is 10.4. The number of hydrazine groups is 1. The van der Waals surface area contributed by atoms with Gasteiger partial charge in [-0.05, 0) is 13.8 Å². The van der Waals surface area contributed by atoms with Gasteiger partial charge < -0.3 is 9.80 Å². The molecule has 3 aliphatic heterocycles. The molecule has 118 valence electrons. The number of rotatable bonds is 2. The van der Waals surface area contributed by atoms with E-state index in [1.54, 1.807) is 16.8 Å². The molecular formula is C12H17N7O3. The van der Waals surface area contributed by atoms with Crippen LogP contribution in [0.4, 0.5) is 4.79 Å². The standard InChI is InChI=1S/C12H17N7O3/c1-5-6(2)19-8-9(17(3)12(22)15-10(8)21)14-11(19)18(5)4-7(20)16-13/h8-9H,4,13H2,1-3H3,(H,16,20)(H,15,21,22). The largest absolute Gasteiger partial charge is 0.325 e. The van der Waals surface area contributed by atoms with Crippen molar-refractivity contribution in [3.8, 4) is 0 Å². The number of allylic oxidation sites excluding steroid dienone is 2. The Morgan fingerprint density at radius 2 is 2.05 bits per heavy atom. The van der Waals surface area contributed by atoms with Gasteiger partial charge in [-0.2, -0.15) is 0 Å². The van der Waals surface area contributed by atoms with Crippen molar-refractivity contribution >= 4 is 23.8 Å². The number of hydrogen-bond donors (Lipinski definition) is 3. The van der Waals surface area contributed by atoms with E-state index >= 15 is 0 Å². The summed E-state index contributed by atoms with van der Waals surface area (Å²) >= 11 is 0. The summed E-state index contributed by atoms with van der Waals surface area (Å²) in [5.41, 5.74) is 3.70. The Balaban J connectivity index is 1.99. The number of nitrogens with two attached hydrogens (primary N) is 1. The second-order valence-corrected chi connectivity index (χ2v) is 5.39.